The molecule has 10 rings (SSSR count). The number of nitriles is 1. The van der Waals surface area contributed by atoms with Crippen LogP contribution in [0.5, 0.6) is 17.5 Å². The molecule has 5 fully saturated rings. The third kappa shape index (κ3) is 11.0. The van der Waals surface area contributed by atoms with Gasteiger partial charge in [0.1, 0.15) is 30.4 Å². The molecule has 5 aromatic rings. The zero-order valence-electron chi connectivity index (χ0n) is 41.6. The molecule has 4 saturated heterocycles. The number of nitrogens with zero attached hydrogens (tertiary/aromatic N) is 9. The van der Waals surface area contributed by atoms with Crippen LogP contribution in [-0.4, -0.2) is 141 Å². The first kappa shape index (κ1) is 49.6. The topological polar surface area (TPSA) is 242 Å². The maximum Gasteiger partial charge on any atom is 0.254 e. The van der Waals surface area contributed by atoms with Crippen molar-refractivity contribution < 1.29 is 38.5 Å². The SMILES string of the molecule is CC(C)[C@H](C(=O)N1C[C@H](O)C[C@H]1C(=O)N[C@@H](C)c1ccc(C#N)cc1)c1cc(OCCN2CCC(OC3CC(Oc4cc(N5C6CC[C@@H]5CN(c5cc(-c7ccccc7O)nnc5N)C6)ccn4)C3)CC2)no1. The Morgan fingerprint density at radius 1 is 0.904 bits per heavy atom. The molecule has 7 heterocycles. The van der Waals surface area contributed by atoms with Crippen molar-refractivity contribution in [3.8, 4) is 34.8 Å². The van der Waals surface area contributed by atoms with E-state index >= 15 is 0 Å². The van der Waals surface area contributed by atoms with Gasteiger partial charge in [0, 0.05) is 100 Å². The minimum atomic E-state index is -0.853. The number of β-amino-alcohol motifs (C(OH)–C–C–N with tert-alkyl or cyclic N) is 1. The molecule has 6 atom stereocenters. The molecular weight excluding hydrogens is 931 g/mol. The maximum absolute atomic E-state index is 14.1. The fourth-order valence-electron chi connectivity index (χ4n) is 11.3. The first-order valence-electron chi connectivity index (χ1n) is 25.7. The number of likely N-dealkylation sites (tertiary alicyclic amines) is 2. The number of piperazine rings is 1. The number of pyridine rings is 1. The second kappa shape index (κ2) is 21.6. The van der Waals surface area contributed by atoms with Crippen molar-refractivity contribution in [1.82, 2.24) is 35.5 Å². The number of anilines is 3. The number of rotatable bonds is 17. The van der Waals surface area contributed by atoms with E-state index in [2.05, 4.69) is 58.6 Å². The average molecular weight is 996 g/mol. The van der Waals surface area contributed by atoms with Crippen LogP contribution in [0.15, 0.2) is 83.5 Å². The van der Waals surface area contributed by atoms with Crippen LogP contribution in [0.4, 0.5) is 17.2 Å². The molecule has 0 spiro atoms. The molecule has 2 aromatic carbocycles. The van der Waals surface area contributed by atoms with E-state index in [0.717, 1.165) is 81.6 Å². The van der Waals surface area contributed by atoms with Crippen LogP contribution in [0.25, 0.3) is 11.3 Å². The maximum atomic E-state index is 14.1. The van der Waals surface area contributed by atoms with Crippen molar-refractivity contribution in [3.63, 3.8) is 0 Å². The molecule has 3 aromatic heterocycles. The Kier molecular flexibility index (Phi) is 14.7. The summed E-state index contributed by atoms with van der Waals surface area (Å²) in [5.41, 5.74) is 10.9. The number of aliphatic hydroxyl groups is 1. The molecule has 2 amide bonds. The number of phenolic OH excluding ortho intramolecular Hbond substituents is 1. The number of nitrogens with two attached hydrogens (primary N) is 1. The molecule has 19 nitrogen and oxygen atoms in total. The van der Waals surface area contributed by atoms with Crippen LogP contribution >= 0.6 is 0 Å². The number of para-hydroxylation sites is 1. The predicted molar refractivity (Wildman–Crippen MR) is 271 cm³/mol. The molecule has 0 radical (unpaired) electrons. The number of nitrogens with one attached hydrogen (secondary N) is 1. The molecule has 73 heavy (non-hydrogen) atoms. The molecule has 1 unspecified atom stereocenters. The van der Waals surface area contributed by atoms with Gasteiger partial charge in [-0.3, -0.25) is 14.5 Å². The monoisotopic (exact) mass is 996 g/mol. The second-order valence-electron chi connectivity index (χ2n) is 20.6. The molecule has 2 bridgehead atoms. The zero-order chi connectivity index (χ0) is 50.8. The molecule has 4 aliphatic heterocycles. The number of hydrogen-bond acceptors (Lipinski definition) is 17. The highest BCUT2D eigenvalue weighted by molar-refractivity contribution is 5.91. The van der Waals surface area contributed by atoms with Gasteiger partial charge in [0.15, 0.2) is 11.6 Å². The van der Waals surface area contributed by atoms with Crippen molar-refractivity contribution in [3.05, 3.63) is 95.9 Å². The van der Waals surface area contributed by atoms with Gasteiger partial charge >= 0.3 is 0 Å². The van der Waals surface area contributed by atoms with Crippen LogP contribution < -0.4 is 30.3 Å². The van der Waals surface area contributed by atoms with E-state index in [1.165, 1.54) is 4.90 Å². The van der Waals surface area contributed by atoms with Crippen molar-refractivity contribution in [2.24, 2.45) is 5.92 Å². The fraction of sp³-hybridized carbons (Fsp3) is 0.500. The quantitative estimate of drug-likeness (QED) is 0.0887. The number of piperidine rings is 1. The second-order valence-corrected chi connectivity index (χ2v) is 20.6. The molecule has 5 aliphatic rings. The molecule has 1 saturated carbocycles. The first-order valence-corrected chi connectivity index (χ1v) is 25.7. The number of carbonyl (C=O) groups is 2. The van der Waals surface area contributed by atoms with Crippen LogP contribution in [0.1, 0.15) is 94.6 Å². The van der Waals surface area contributed by atoms with Crippen molar-refractivity contribution in [2.45, 2.75) is 120 Å². The highest BCUT2D eigenvalue weighted by atomic mass is 16.5. The predicted octanol–water partition coefficient (Wildman–Crippen LogP) is 5.59. The summed E-state index contributed by atoms with van der Waals surface area (Å²) in [7, 11) is 0. The number of benzene rings is 2. The third-order valence-electron chi connectivity index (χ3n) is 15.2. The van der Waals surface area contributed by atoms with E-state index in [9.17, 15) is 19.8 Å². The largest absolute Gasteiger partial charge is 0.507 e. The van der Waals surface area contributed by atoms with Gasteiger partial charge in [-0.25, -0.2) is 4.98 Å². The van der Waals surface area contributed by atoms with E-state index in [4.69, 9.17) is 29.7 Å². The van der Waals surface area contributed by atoms with Crippen molar-refractivity contribution >= 4 is 29.0 Å². The minimum Gasteiger partial charge on any atom is -0.507 e. The normalized spacial score (nSPS) is 24.0. The van der Waals surface area contributed by atoms with E-state index in [0.29, 0.717) is 53.3 Å². The first-order chi connectivity index (χ1) is 35.4. The molecule has 384 valence electrons. The number of aromatic hydroxyl groups is 1. The van der Waals surface area contributed by atoms with Gasteiger partial charge in [-0.15, -0.1) is 10.2 Å². The van der Waals surface area contributed by atoms with Crippen LogP contribution in [0.3, 0.4) is 0 Å². The number of nitrogen functional groups attached to an aromatic ring is 1. The van der Waals surface area contributed by atoms with Gasteiger partial charge in [0.05, 0.1) is 47.4 Å². The summed E-state index contributed by atoms with van der Waals surface area (Å²) in [6.45, 7) is 10.1. The van der Waals surface area contributed by atoms with E-state index in [1.807, 2.05) is 45.2 Å². The molecule has 5 N–H and O–H groups in total. The Hall–Kier alpha value is -7.01. The van der Waals surface area contributed by atoms with E-state index in [-0.39, 0.29) is 72.9 Å². The number of aliphatic hydroxyl groups excluding tert-OH is 1. The Morgan fingerprint density at radius 2 is 1.66 bits per heavy atom. The summed E-state index contributed by atoms with van der Waals surface area (Å²) in [6.07, 6.45) is 7.15. The van der Waals surface area contributed by atoms with Gasteiger partial charge in [0.25, 0.3) is 5.88 Å². The molecular formula is C54H65N11O8. The lowest BCUT2D eigenvalue weighted by molar-refractivity contribution is -0.141. The molecule has 19 heteroatoms. The Balaban J connectivity index is 0.643. The Bertz CT molecular complexity index is 2760. The number of hydrogen-bond donors (Lipinski definition) is 4. The van der Waals surface area contributed by atoms with E-state index in [1.54, 1.807) is 42.5 Å². The summed E-state index contributed by atoms with van der Waals surface area (Å²) in [4.78, 5) is 40.8. The zero-order valence-corrected chi connectivity index (χ0v) is 41.6. The summed E-state index contributed by atoms with van der Waals surface area (Å²) in [5.74, 6) is 0.207. The Morgan fingerprint density at radius 3 is 2.38 bits per heavy atom. The van der Waals surface area contributed by atoms with E-state index < -0.39 is 18.1 Å². The van der Waals surface area contributed by atoms with Crippen LogP contribution in [-0.2, 0) is 14.3 Å². The number of ether oxygens (including phenoxy) is 3. The smallest absolute Gasteiger partial charge is 0.254 e. The van der Waals surface area contributed by atoms with Crippen molar-refractivity contribution in [1.29, 1.82) is 5.26 Å². The van der Waals surface area contributed by atoms with Gasteiger partial charge in [-0.2, -0.15) is 5.26 Å². The fourth-order valence-corrected chi connectivity index (χ4v) is 11.3. The lowest BCUT2D eigenvalue weighted by atomic mass is 9.91. The number of phenols is 1. The van der Waals surface area contributed by atoms with Gasteiger partial charge in [-0.1, -0.05) is 38.1 Å². The van der Waals surface area contributed by atoms with Crippen LogP contribution in [0, 0.1) is 17.2 Å². The lowest BCUT2D eigenvalue weighted by Gasteiger charge is -2.43. The number of carbonyl (C=O) groups excluding carboxylic acids is 2. The standard InChI is InChI=1S/C54H65N11O8/c1-32(2)51(54(69)64-31-39(66)23-46(64)53(68)58-33(3)35-10-8-34(28-55)9-11-35)48-27-50(61-73-48)70-21-20-62-18-15-40(16-19-62)71-41-24-42(25-41)72-49-22-36(14-17-57-49)65-37-12-13-38(65)30-63(29-37)45-26-44(59-60-52(45)56)43-6-4-5-7-47(43)67/h4-11,14,17,22,26-27,32-33,37-42,46,51,66-67H,12-13,15-16,18-21,23-25,29-31H2,1-3H3,(H2,56,60)(H,58,68)/t33-,37+,38?,39+,41?,42?,46-,51-/m0/s1. The third-order valence-corrected chi connectivity index (χ3v) is 15.2. The van der Waals surface area contributed by atoms with Gasteiger partial charge < -0.3 is 54.7 Å². The van der Waals surface area contributed by atoms with Crippen molar-refractivity contribution in [2.75, 3.05) is 61.4 Å². The average Bonchev–Trinajstić information content (AvgIpc) is 4.08. The number of amides is 2. The summed E-state index contributed by atoms with van der Waals surface area (Å²) < 4.78 is 24.6. The number of fused-ring (bicyclic) bond motifs is 2. The van der Waals surface area contributed by atoms with Gasteiger partial charge in [0.2, 0.25) is 17.7 Å². The molecule has 1 aliphatic carbocycles. The Labute approximate surface area is 425 Å². The summed E-state index contributed by atoms with van der Waals surface area (Å²) in [6, 6.07) is 23.3. The minimum absolute atomic E-state index is 0.0330. The number of aromatic nitrogens is 4. The lowest BCUT2D eigenvalue weighted by Crippen LogP contribution is -2.54. The summed E-state index contributed by atoms with van der Waals surface area (Å²) >= 11 is 0. The van der Waals surface area contributed by atoms with Gasteiger partial charge in [-0.05, 0) is 85.6 Å². The highest BCUT2D eigenvalue weighted by Crippen LogP contribution is 2.41. The highest BCUT2D eigenvalue weighted by Gasteiger charge is 2.44. The van der Waals surface area contributed by atoms with Crippen LogP contribution in [0.2, 0.25) is 0 Å². The summed E-state index contributed by atoms with van der Waals surface area (Å²) in [5, 5.41) is 45.9.